The molecule has 0 amide bonds. The molecule has 0 radical (unpaired) electrons. The van der Waals surface area contributed by atoms with Crippen LogP contribution in [0.25, 0.3) is 0 Å². The molecule has 14 heavy (non-hydrogen) atoms. The highest BCUT2D eigenvalue weighted by Gasteiger charge is 2.17. The van der Waals surface area contributed by atoms with Gasteiger partial charge in [-0.1, -0.05) is 25.1 Å². The van der Waals surface area contributed by atoms with Crippen LogP contribution in [-0.4, -0.2) is 25.9 Å². The molecule has 0 saturated heterocycles. The van der Waals surface area contributed by atoms with E-state index >= 15 is 0 Å². The maximum absolute atomic E-state index is 11.7. The zero-order valence-electron chi connectivity index (χ0n) is 8.05. The number of rotatable bonds is 4. The summed E-state index contributed by atoms with van der Waals surface area (Å²) < 4.78 is 23.4. The Morgan fingerprint density at radius 2 is 1.86 bits per heavy atom. The maximum Gasteiger partial charge on any atom is 0.178 e. The van der Waals surface area contributed by atoms with Crippen molar-refractivity contribution in [3.05, 3.63) is 30.3 Å². The Kier molecular flexibility index (Phi) is 3.66. The fourth-order valence-corrected chi connectivity index (χ4v) is 2.77. The average Bonchev–Trinajstić information content (AvgIpc) is 2.18. The lowest BCUT2D eigenvalue weighted by Gasteiger charge is -2.08. The Balaban J connectivity index is 2.87. The van der Waals surface area contributed by atoms with Gasteiger partial charge in [-0.05, 0) is 18.1 Å². The lowest BCUT2D eigenvalue weighted by molar-refractivity contribution is 0.249. The van der Waals surface area contributed by atoms with Crippen LogP contribution in [0.2, 0.25) is 0 Å². The molecule has 1 rings (SSSR count). The van der Waals surface area contributed by atoms with Gasteiger partial charge < -0.3 is 5.11 Å². The normalized spacial score (nSPS) is 13.9. The quantitative estimate of drug-likeness (QED) is 0.816. The van der Waals surface area contributed by atoms with E-state index in [1.165, 1.54) is 0 Å². The van der Waals surface area contributed by atoms with E-state index in [0.29, 0.717) is 4.90 Å². The molecule has 0 heterocycles. The third-order valence-electron chi connectivity index (χ3n) is 1.92. The maximum atomic E-state index is 11.7. The molecule has 0 aromatic heterocycles. The predicted octanol–water partition coefficient (Wildman–Crippen LogP) is 1.09. The van der Waals surface area contributed by atoms with Crippen LogP contribution >= 0.6 is 0 Å². The zero-order valence-corrected chi connectivity index (χ0v) is 8.87. The molecular formula is C10H14O3S. The number of hydrogen-bond donors (Lipinski definition) is 1. The minimum absolute atomic E-state index is 0.00644. The number of sulfone groups is 1. The lowest BCUT2D eigenvalue weighted by atomic mass is 10.2. The Morgan fingerprint density at radius 3 is 2.36 bits per heavy atom. The first-order chi connectivity index (χ1) is 6.56. The number of aliphatic hydroxyl groups is 1. The molecule has 1 aromatic rings. The van der Waals surface area contributed by atoms with E-state index < -0.39 is 9.84 Å². The van der Waals surface area contributed by atoms with Gasteiger partial charge in [0, 0.05) is 6.61 Å². The fraction of sp³-hybridized carbons (Fsp3) is 0.400. The monoisotopic (exact) mass is 214 g/mol. The van der Waals surface area contributed by atoms with Gasteiger partial charge in [-0.3, -0.25) is 0 Å². The van der Waals surface area contributed by atoms with Crippen molar-refractivity contribution in [1.29, 1.82) is 0 Å². The van der Waals surface area contributed by atoms with Gasteiger partial charge in [-0.2, -0.15) is 0 Å². The van der Waals surface area contributed by atoms with Gasteiger partial charge in [-0.15, -0.1) is 0 Å². The summed E-state index contributed by atoms with van der Waals surface area (Å²) in [5.74, 6) is -0.228. The second-order valence-corrected chi connectivity index (χ2v) is 5.42. The summed E-state index contributed by atoms with van der Waals surface area (Å²) in [7, 11) is -3.23. The van der Waals surface area contributed by atoms with E-state index in [0.717, 1.165) is 0 Å². The SMILES string of the molecule is CC(CO)CS(=O)(=O)c1ccccc1. The van der Waals surface area contributed by atoms with Crippen LogP contribution in [0.15, 0.2) is 35.2 Å². The van der Waals surface area contributed by atoms with E-state index in [9.17, 15) is 8.42 Å². The third-order valence-corrected chi connectivity index (χ3v) is 3.92. The van der Waals surface area contributed by atoms with Crippen molar-refractivity contribution < 1.29 is 13.5 Å². The summed E-state index contributed by atoms with van der Waals surface area (Å²) >= 11 is 0. The summed E-state index contributed by atoms with van der Waals surface area (Å²) in [6, 6.07) is 8.29. The Bertz CT molecular complexity index is 370. The highest BCUT2D eigenvalue weighted by atomic mass is 32.2. The van der Waals surface area contributed by atoms with Gasteiger partial charge in [0.1, 0.15) is 0 Å². The summed E-state index contributed by atoms with van der Waals surface area (Å²) in [5, 5.41) is 8.78. The van der Waals surface area contributed by atoms with Gasteiger partial charge in [-0.25, -0.2) is 8.42 Å². The lowest BCUT2D eigenvalue weighted by Crippen LogP contribution is -2.16. The van der Waals surface area contributed by atoms with Crippen molar-refractivity contribution in [2.75, 3.05) is 12.4 Å². The van der Waals surface area contributed by atoms with E-state index in [2.05, 4.69) is 0 Å². The molecular weight excluding hydrogens is 200 g/mol. The van der Waals surface area contributed by atoms with Crippen LogP contribution < -0.4 is 0 Å². The largest absolute Gasteiger partial charge is 0.396 e. The van der Waals surface area contributed by atoms with E-state index in [1.54, 1.807) is 37.3 Å². The summed E-state index contributed by atoms with van der Waals surface area (Å²) in [6.07, 6.45) is 0. The molecule has 0 spiro atoms. The fourth-order valence-electron chi connectivity index (χ4n) is 1.15. The smallest absolute Gasteiger partial charge is 0.178 e. The van der Waals surface area contributed by atoms with E-state index in [4.69, 9.17) is 5.11 Å². The number of hydrogen-bond acceptors (Lipinski definition) is 3. The first-order valence-corrected chi connectivity index (χ1v) is 6.10. The van der Waals surface area contributed by atoms with Crippen LogP contribution in [0.4, 0.5) is 0 Å². The summed E-state index contributed by atoms with van der Waals surface area (Å²) in [4.78, 5) is 0.320. The molecule has 78 valence electrons. The van der Waals surface area contributed by atoms with Crippen LogP contribution in [0.3, 0.4) is 0 Å². The van der Waals surface area contributed by atoms with Crippen LogP contribution in [0.1, 0.15) is 6.92 Å². The Hall–Kier alpha value is -0.870. The van der Waals surface area contributed by atoms with Crippen molar-refractivity contribution in [2.45, 2.75) is 11.8 Å². The van der Waals surface area contributed by atoms with Crippen molar-refractivity contribution in [2.24, 2.45) is 5.92 Å². The van der Waals surface area contributed by atoms with Gasteiger partial charge in [0.15, 0.2) is 9.84 Å². The molecule has 4 heteroatoms. The minimum atomic E-state index is -3.23. The molecule has 0 aliphatic heterocycles. The second-order valence-electron chi connectivity index (χ2n) is 3.38. The van der Waals surface area contributed by atoms with Gasteiger partial charge in [0.25, 0.3) is 0 Å². The average molecular weight is 214 g/mol. The third kappa shape index (κ3) is 2.82. The molecule has 1 unspecified atom stereocenters. The molecule has 0 aliphatic rings. The van der Waals surface area contributed by atoms with Crippen LogP contribution in [0, 0.1) is 5.92 Å². The Morgan fingerprint density at radius 1 is 1.29 bits per heavy atom. The Labute approximate surface area is 84.3 Å². The number of aliphatic hydroxyl groups excluding tert-OH is 1. The summed E-state index contributed by atoms with van der Waals surface area (Å²) in [6.45, 7) is 1.60. The molecule has 3 nitrogen and oxygen atoms in total. The highest BCUT2D eigenvalue weighted by Crippen LogP contribution is 2.13. The molecule has 1 aromatic carbocycles. The molecule has 0 saturated carbocycles. The first-order valence-electron chi connectivity index (χ1n) is 4.45. The van der Waals surface area contributed by atoms with Crippen molar-refractivity contribution >= 4 is 9.84 Å². The molecule has 1 atom stereocenters. The number of benzene rings is 1. The standard InChI is InChI=1S/C10H14O3S/c1-9(7-11)8-14(12,13)10-5-3-2-4-6-10/h2-6,9,11H,7-8H2,1H3. The first kappa shape index (κ1) is 11.2. The molecule has 1 N–H and O–H groups in total. The van der Waals surface area contributed by atoms with E-state index in [-0.39, 0.29) is 18.3 Å². The topological polar surface area (TPSA) is 54.4 Å². The summed E-state index contributed by atoms with van der Waals surface area (Å²) in [5.41, 5.74) is 0. The zero-order chi connectivity index (χ0) is 10.6. The molecule has 0 aliphatic carbocycles. The highest BCUT2D eigenvalue weighted by molar-refractivity contribution is 7.91. The second kappa shape index (κ2) is 4.57. The van der Waals surface area contributed by atoms with Gasteiger partial charge >= 0.3 is 0 Å². The van der Waals surface area contributed by atoms with E-state index in [1.807, 2.05) is 0 Å². The van der Waals surface area contributed by atoms with Gasteiger partial charge in [0.05, 0.1) is 10.6 Å². The predicted molar refractivity (Wildman–Crippen MR) is 54.7 cm³/mol. The van der Waals surface area contributed by atoms with Crippen LogP contribution in [-0.2, 0) is 9.84 Å². The molecule has 0 bridgehead atoms. The van der Waals surface area contributed by atoms with Crippen LogP contribution in [0.5, 0.6) is 0 Å². The minimum Gasteiger partial charge on any atom is -0.396 e. The van der Waals surface area contributed by atoms with Crippen molar-refractivity contribution in [3.8, 4) is 0 Å². The van der Waals surface area contributed by atoms with Crippen molar-refractivity contribution in [3.63, 3.8) is 0 Å². The van der Waals surface area contributed by atoms with Crippen molar-refractivity contribution in [1.82, 2.24) is 0 Å². The van der Waals surface area contributed by atoms with Gasteiger partial charge in [0.2, 0.25) is 0 Å². The molecule has 0 fully saturated rings.